The molecule has 0 saturated carbocycles. The Morgan fingerprint density at radius 2 is 1.96 bits per heavy atom. The lowest BCUT2D eigenvalue weighted by atomic mass is 10.1. The van der Waals surface area contributed by atoms with Gasteiger partial charge in [0.2, 0.25) is 0 Å². The number of aromatic carboxylic acids is 1. The van der Waals surface area contributed by atoms with Crippen molar-refractivity contribution in [3.05, 3.63) is 52.6 Å². The molecule has 25 heavy (non-hydrogen) atoms. The van der Waals surface area contributed by atoms with Crippen molar-refractivity contribution in [3.8, 4) is 23.7 Å². The van der Waals surface area contributed by atoms with Gasteiger partial charge < -0.3 is 9.52 Å². The molecule has 0 bridgehead atoms. The van der Waals surface area contributed by atoms with Gasteiger partial charge in [0, 0.05) is 11.6 Å². The van der Waals surface area contributed by atoms with Crippen molar-refractivity contribution in [2.45, 2.75) is 0 Å². The molecule has 1 aromatic carbocycles. The number of thioether (sulfide) groups is 1. The van der Waals surface area contributed by atoms with E-state index < -0.39 is 17.1 Å². The summed E-state index contributed by atoms with van der Waals surface area (Å²) in [5.41, 5.74) is 0.878. The minimum atomic E-state index is -1.01. The number of benzene rings is 1. The number of carboxylic acids is 1. The van der Waals surface area contributed by atoms with Gasteiger partial charge in [-0.25, -0.2) is 4.79 Å². The molecule has 2 aromatic rings. The number of terminal acetylenes is 1. The third-order valence-corrected chi connectivity index (χ3v) is 4.35. The molecule has 1 fully saturated rings. The summed E-state index contributed by atoms with van der Waals surface area (Å²) in [6.07, 6.45) is 6.63. The number of hydrogen-bond acceptors (Lipinski definition) is 5. The largest absolute Gasteiger partial charge is 0.478 e. The van der Waals surface area contributed by atoms with E-state index in [2.05, 4.69) is 5.92 Å². The highest BCUT2D eigenvalue weighted by Gasteiger charge is 2.34. The summed E-state index contributed by atoms with van der Waals surface area (Å²) in [7, 11) is 0. The van der Waals surface area contributed by atoms with Crippen LogP contribution < -0.4 is 0 Å². The zero-order valence-corrected chi connectivity index (χ0v) is 13.6. The summed E-state index contributed by atoms with van der Waals surface area (Å²) in [5, 5.41) is 8.49. The molecule has 0 spiro atoms. The molecule has 0 radical (unpaired) electrons. The van der Waals surface area contributed by atoms with Crippen LogP contribution in [0.15, 0.2) is 45.7 Å². The highest BCUT2D eigenvalue weighted by atomic mass is 32.2. The molecule has 1 N–H and O–H groups in total. The van der Waals surface area contributed by atoms with Gasteiger partial charge in [-0.1, -0.05) is 18.1 Å². The predicted molar refractivity (Wildman–Crippen MR) is 92.6 cm³/mol. The second-order valence-corrected chi connectivity index (χ2v) is 6.05. The van der Waals surface area contributed by atoms with Gasteiger partial charge in [0.25, 0.3) is 11.1 Å². The van der Waals surface area contributed by atoms with Crippen molar-refractivity contribution in [1.82, 2.24) is 4.90 Å². The second kappa shape index (κ2) is 6.71. The summed E-state index contributed by atoms with van der Waals surface area (Å²) in [6, 6.07) is 9.58. The summed E-state index contributed by atoms with van der Waals surface area (Å²) in [4.78, 5) is 36.0. The smallest absolute Gasteiger partial charge is 0.335 e. The van der Waals surface area contributed by atoms with Gasteiger partial charge >= 0.3 is 5.97 Å². The first-order valence-corrected chi connectivity index (χ1v) is 7.93. The molecule has 2 heterocycles. The normalized spacial score (nSPS) is 15.6. The van der Waals surface area contributed by atoms with Crippen molar-refractivity contribution < 1.29 is 23.9 Å². The number of hydrogen-bond donors (Lipinski definition) is 1. The van der Waals surface area contributed by atoms with E-state index in [1.54, 1.807) is 24.3 Å². The molecule has 7 heteroatoms. The molecule has 1 aliphatic rings. The first-order valence-electron chi connectivity index (χ1n) is 7.12. The number of nitrogens with zero attached hydrogens (tertiary/aromatic N) is 1. The topological polar surface area (TPSA) is 87.8 Å². The lowest BCUT2D eigenvalue weighted by Gasteiger charge is -2.06. The Labute approximate surface area is 147 Å². The molecule has 1 saturated heterocycles. The van der Waals surface area contributed by atoms with Crippen molar-refractivity contribution in [2.24, 2.45) is 0 Å². The van der Waals surface area contributed by atoms with E-state index in [0.29, 0.717) is 17.1 Å². The van der Waals surface area contributed by atoms with Crippen molar-refractivity contribution >= 4 is 35.0 Å². The van der Waals surface area contributed by atoms with Gasteiger partial charge in [0.1, 0.15) is 11.5 Å². The van der Waals surface area contributed by atoms with Crippen molar-refractivity contribution in [1.29, 1.82) is 0 Å². The van der Waals surface area contributed by atoms with Crippen LogP contribution in [0.5, 0.6) is 0 Å². The molecule has 0 unspecified atom stereocenters. The van der Waals surface area contributed by atoms with Gasteiger partial charge in [-0.2, -0.15) is 0 Å². The average molecular weight is 353 g/mol. The van der Waals surface area contributed by atoms with E-state index >= 15 is 0 Å². The van der Waals surface area contributed by atoms with Crippen LogP contribution in [0.2, 0.25) is 0 Å². The Balaban J connectivity index is 1.82. The Morgan fingerprint density at radius 3 is 2.60 bits per heavy atom. The Morgan fingerprint density at radius 1 is 1.24 bits per heavy atom. The summed E-state index contributed by atoms with van der Waals surface area (Å²) in [6.45, 7) is -0.0681. The van der Waals surface area contributed by atoms with E-state index in [-0.39, 0.29) is 17.0 Å². The molecular formula is C18H11NO5S. The van der Waals surface area contributed by atoms with Crippen LogP contribution in [0.4, 0.5) is 4.79 Å². The van der Waals surface area contributed by atoms with Crippen LogP contribution in [0.3, 0.4) is 0 Å². The van der Waals surface area contributed by atoms with E-state index in [1.165, 1.54) is 18.2 Å². The van der Waals surface area contributed by atoms with Gasteiger partial charge in [-0.05, 0) is 36.0 Å². The first-order chi connectivity index (χ1) is 12.0. The molecule has 2 amide bonds. The second-order valence-electron chi connectivity index (χ2n) is 5.06. The van der Waals surface area contributed by atoms with Crippen molar-refractivity contribution in [3.63, 3.8) is 0 Å². The quantitative estimate of drug-likeness (QED) is 0.670. The zero-order valence-electron chi connectivity index (χ0n) is 12.8. The number of furan rings is 1. The number of imide groups is 1. The molecule has 0 aliphatic carbocycles. The van der Waals surface area contributed by atoms with E-state index in [9.17, 15) is 14.4 Å². The van der Waals surface area contributed by atoms with Crippen LogP contribution in [-0.4, -0.2) is 33.7 Å². The highest BCUT2D eigenvalue weighted by Crippen LogP contribution is 2.33. The Hall–Kier alpha value is -3.24. The molecule has 1 aromatic heterocycles. The minimum absolute atomic E-state index is 0.0681. The molecule has 124 valence electrons. The van der Waals surface area contributed by atoms with E-state index in [1.807, 2.05) is 0 Å². The monoisotopic (exact) mass is 353 g/mol. The highest BCUT2D eigenvalue weighted by molar-refractivity contribution is 8.18. The zero-order chi connectivity index (χ0) is 18.0. The van der Waals surface area contributed by atoms with Crippen LogP contribution >= 0.6 is 11.8 Å². The molecule has 3 rings (SSSR count). The predicted octanol–water partition coefficient (Wildman–Crippen LogP) is 3.31. The Bertz CT molecular complexity index is 933. The lowest BCUT2D eigenvalue weighted by molar-refractivity contribution is -0.122. The van der Waals surface area contributed by atoms with Gasteiger partial charge in [0.15, 0.2) is 0 Å². The van der Waals surface area contributed by atoms with E-state index in [4.69, 9.17) is 15.9 Å². The number of amides is 2. The summed E-state index contributed by atoms with van der Waals surface area (Å²) >= 11 is 0.805. The third kappa shape index (κ3) is 3.34. The fourth-order valence-corrected chi connectivity index (χ4v) is 3.04. The van der Waals surface area contributed by atoms with Gasteiger partial charge in [-0.15, -0.1) is 6.42 Å². The number of rotatable bonds is 4. The minimum Gasteiger partial charge on any atom is -0.478 e. The number of carboxylic acid groups (broad SMARTS) is 1. The molecule has 6 nitrogen and oxygen atoms in total. The average Bonchev–Trinajstić information content (AvgIpc) is 3.16. The van der Waals surface area contributed by atoms with Crippen molar-refractivity contribution in [2.75, 3.05) is 6.54 Å². The van der Waals surface area contributed by atoms with Crippen LogP contribution in [0.25, 0.3) is 17.4 Å². The SMILES string of the molecule is C#CCN1C(=O)S/C(=C\c2ccc(-c3ccc(C(=O)O)cc3)o2)C1=O. The molecule has 1 aliphatic heterocycles. The maximum Gasteiger partial charge on any atom is 0.335 e. The fourth-order valence-electron chi connectivity index (χ4n) is 2.22. The van der Waals surface area contributed by atoms with Gasteiger partial charge in [-0.3, -0.25) is 14.5 Å². The molecule has 0 atom stereocenters. The first kappa shape index (κ1) is 16.6. The summed E-state index contributed by atoms with van der Waals surface area (Å²) in [5.74, 6) is 1.74. The van der Waals surface area contributed by atoms with Crippen LogP contribution in [0.1, 0.15) is 16.1 Å². The Kier molecular flexibility index (Phi) is 4.46. The number of carbonyl (C=O) groups excluding carboxylic acids is 2. The third-order valence-electron chi connectivity index (χ3n) is 3.44. The fraction of sp³-hybridized carbons (Fsp3) is 0.0556. The van der Waals surface area contributed by atoms with E-state index in [0.717, 1.165) is 16.7 Å². The molecular weight excluding hydrogens is 342 g/mol. The summed E-state index contributed by atoms with van der Waals surface area (Å²) < 4.78 is 5.65. The maximum atomic E-state index is 12.1. The van der Waals surface area contributed by atoms with Crippen LogP contribution in [0, 0.1) is 12.3 Å². The standard InChI is InChI=1S/C18H11NO5S/c1-2-9-19-16(20)15(25-18(19)23)10-13-7-8-14(24-13)11-3-5-12(6-4-11)17(21)22/h1,3-8,10H,9H2,(H,21,22)/b15-10-. The van der Waals surface area contributed by atoms with Gasteiger partial charge in [0.05, 0.1) is 17.0 Å². The van der Waals surface area contributed by atoms with Crippen LogP contribution in [-0.2, 0) is 4.79 Å². The number of carbonyl (C=O) groups is 3. The maximum absolute atomic E-state index is 12.1. The lowest BCUT2D eigenvalue weighted by Crippen LogP contribution is -2.28.